The first-order chi connectivity index (χ1) is 12.7. The second-order valence-electron chi connectivity index (χ2n) is 6.46. The minimum Gasteiger partial charge on any atom is -0.492 e. The fourth-order valence-corrected chi connectivity index (χ4v) is 2.96. The van der Waals surface area contributed by atoms with Crippen LogP contribution in [0.25, 0.3) is 0 Å². The number of nitrogens with zero attached hydrogens (tertiary/aromatic N) is 2. The van der Waals surface area contributed by atoms with Crippen molar-refractivity contribution in [1.29, 1.82) is 0 Å². The standard InChI is InChI=1S/C20H34N4O2/c1-4-24(5-2)12-14-26-18-10-8-17(9-11-18)15-22-20(21-3)23-16-19-7-6-13-25-19/h8-11,19H,4-7,12-16H2,1-3H3,(H2,21,22,23). The Bertz CT molecular complexity index is 523. The molecule has 6 heteroatoms. The van der Waals surface area contributed by atoms with Crippen molar-refractivity contribution in [1.82, 2.24) is 15.5 Å². The number of nitrogens with one attached hydrogen (secondary N) is 2. The fraction of sp³-hybridized carbons (Fsp3) is 0.650. The van der Waals surface area contributed by atoms with Crippen molar-refractivity contribution >= 4 is 5.96 Å². The van der Waals surface area contributed by atoms with E-state index < -0.39 is 0 Å². The van der Waals surface area contributed by atoms with Gasteiger partial charge in [-0.15, -0.1) is 0 Å². The molecule has 1 aromatic carbocycles. The van der Waals surface area contributed by atoms with E-state index in [2.05, 4.69) is 46.5 Å². The van der Waals surface area contributed by atoms with E-state index in [9.17, 15) is 0 Å². The first kappa shape index (κ1) is 20.5. The highest BCUT2D eigenvalue weighted by molar-refractivity contribution is 5.79. The molecule has 0 aromatic heterocycles. The zero-order valence-corrected chi connectivity index (χ0v) is 16.5. The number of ether oxygens (including phenoxy) is 2. The first-order valence-corrected chi connectivity index (χ1v) is 9.75. The van der Waals surface area contributed by atoms with E-state index in [0.29, 0.717) is 6.10 Å². The third-order valence-corrected chi connectivity index (χ3v) is 4.70. The summed E-state index contributed by atoms with van der Waals surface area (Å²) in [5, 5.41) is 6.67. The Hall–Kier alpha value is -1.79. The van der Waals surface area contributed by atoms with Gasteiger partial charge in [-0.05, 0) is 43.6 Å². The van der Waals surface area contributed by atoms with Crippen molar-refractivity contribution in [3.63, 3.8) is 0 Å². The summed E-state index contributed by atoms with van der Waals surface area (Å²) in [6, 6.07) is 8.24. The highest BCUT2D eigenvalue weighted by Gasteiger charge is 2.15. The van der Waals surface area contributed by atoms with Gasteiger partial charge >= 0.3 is 0 Å². The predicted molar refractivity (Wildman–Crippen MR) is 107 cm³/mol. The van der Waals surface area contributed by atoms with E-state index >= 15 is 0 Å². The number of hydrogen-bond donors (Lipinski definition) is 2. The van der Waals surface area contributed by atoms with Gasteiger partial charge in [0.1, 0.15) is 12.4 Å². The average molecular weight is 363 g/mol. The van der Waals surface area contributed by atoms with Crippen molar-refractivity contribution < 1.29 is 9.47 Å². The lowest BCUT2D eigenvalue weighted by atomic mass is 10.2. The van der Waals surface area contributed by atoms with Crippen LogP contribution in [0.5, 0.6) is 5.75 Å². The molecule has 0 saturated carbocycles. The van der Waals surface area contributed by atoms with Crippen molar-refractivity contribution in [2.75, 3.05) is 46.4 Å². The first-order valence-electron chi connectivity index (χ1n) is 9.75. The summed E-state index contributed by atoms with van der Waals surface area (Å²) in [4.78, 5) is 6.62. The summed E-state index contributed by atoms with van der Waals surface area (Å²) in [5.41, 5.74) is 1.20. The third-order valence-electron chi connectivity index (χ3n) is 4.70. The van der Waals surface area contributed by atoms with Gasteiger partial charge in [-0.1, -0.05) is 26.0 Å². The maximum atomic E-state index is 5.83. The molecule has 2 rings (SSSR count). The Morgan fingerprint density at radius 3 is 2.62 bits per heavy atom. The van der Waals surface area contributed by atoms with E-state index in [0.717, 1.165) is 70.5 Å². The molecule has 1 unspecified atom stereocenters. The van der Waals surface area contributed by atoms with Crippen LogP contribution >= 0.6 is 0 Å². The summed E-state index contributed by atoms with van der Waals surface area (Å²) < 4.78 is 11.4. The van der Waals surface area contributed by atoms with Crippen LogP contribution < -0.4 is 15.4 Å². The molecule has 1 atom stereocenters. The Kier molecular flexibility index (Phi) is 9.28. The Labute approximate surface area is 158 Å². The van der Waals surface area contributed by atoms with Gasteiger partial charge in [0.05, 0.1) is 6.10 Å². The summed E-state index contributed by atoms with van der Waals surface area (Å²) in [6.07, 6.45) is 2.59. The lowest BCUT2D eigenvalue weighted by Crippen LogP contribution is -2.40. The second kappa shape index (κ2) is 11.8. The number of rotatable bonds is 10. The molecular weight excluding hydrogens is 328 g/mol. The van der Waals surface area contributed by atoms with E-state index in [1.165, 1.54) is 5.56 Å². The van der Waals surface area contributed by atoms with Gasteiger partial charge < -0.3 is 25.0 Å². The van der Waals surface area contributed by atoms with Gasteiger partial charge in [-0.2, -0.15) is 0 Å². The number of guanidine groups is 1. The minimum atomic E-state index is 0.307. The largest absolute Gasteiger partial charge is 0.492 e. The summed E-state index contributed by atoms with van der Waals surface area (Å²) >= 11 is 0. The number of benzene rings is 1. The van der Waals surface area contributed by atoms with E-state index in [1.54, 1.807) is 7.05 Å². The molecular formula is C20H34N4O2. The van der Waals surface area contributed by atoms with Gasteiger partial charge in [0.25, 0.3) is 0 Å². The van der Waals surface area contributed by atoms with Gasteiger partial charge in [-0.3, -0.25) is 4.99 Å². The monoisotopic (exact) mass is 362 g/mol. The van der Waals surface area contributed by atoms with Crippen LogP contribution in [0.15, 0.2) is 29.3 Å². The molecule has 1 fully saturated rings. The normalized spacial score (nSPS) is 17.5. The Morgan fingerprint density at radius 1 is 1.23 bits per heavy atom. The zero-order valence-electron chi connectivity index (χ0n) is 16.5. The molecule has 1 aliphatic rings. The van der Waals surface area contributed by atoms with Crippen LogP contribution in [0.4, 0.5) is 0 Å². The minimum absolute atomic E-state index is 0.307. The molecule has 146 valence electrons. The third kappa shape index (κ3) is 7.22. The van der Waals surface area contributed by atoms with Crippen molar-refractivity contribution in [2.24, 2.45) is 4.99 Å². The molecule has 1 aromatic rings. The molecule has 0 radical (unpaired) electrons. The average Bonchev–Trinajstić information content (AvgIpc) is 3.20. The smallest absolute Gasteiger partial charge is 0.191 e. The van der Waals surface area contributed by atoms with Crippen LogP contribution in [-0.4, -0.2) is 63.4 Å². The topological polar surface area (TPSA) is 58.1 Å². The second-order valence-corrected chi connectivity index (χ2v) is 6.46. The lowest BCUT2D eigenvalue weighted by molar-refractivity contribution is 0.114. The van der Waals surface area contributed by atoms with E-state index in [-0.39, 0.29) is 0 Å². The van der Waals surface area contributed by atoms with Crippen molar-refractivity contribution in [3.8, 4) is 5.75 Å². The van der Waals surface area contributed by atoms with Crippen LogP contribution in [0.3, 0.4) is 0 Å². The Balaban J connectivity index is 1.68. The van der Waals surface area contributed by atoms with Crippen molar-refractivity contribution in [3.05, 3.63) is 29.8 Å². The quantitative estimate of drug-likeness (QED) is 0.494. The molecule has 1 heterocycles. The molecule has 0 spiro atoms. The van der Waals surface area contributed by atoms with E-state index in [1.807, 2.05) is 12.1 Å². The molecule has 0 amide bonds. The van der Waals surface area contributed by atoms with Crippen molar-refractivity contribution in [2.45, 2.75) is 39.3 Å². The number of hydrogen-bond acceptors (Lipinski definition) is 4. The van der Waals surface area contributed by atoms with Crippen LogP contribution in [0, 0.1) is 0 Å². The number of aliphatic imine (C=N–C) groups is 1. The SMILES string of the molecule is CCN(CC)CCOc1ccc(CNC(=NC)NCC2CCCO2)cc1. The molecule has 2 N–H and O–H groups in total. The zero-order chi connectivity index (χ0) is 18.6. The van der Waals surface area contributed by atoms with Gasteiger partial charge in [-0.25, -0.2) is 0 Å². The molecule has 1 saturated heterocycles. The maximum absolute atomic E-state index is 5.83. The van der Waals surface area contributed by atoms with Crippen LogP contribution in [-0.2, 0) is 11.3 Å². The summed E-state index contributed by atoms with van der Waals surface area (Å²) in [7, 11) is 1.79. The van der Waals surface area contributed by atoms with E-state index in [4.69, 9.17) is 9.47 Å². The molecule has 26 heavy (non-hydrogen) atoms. The lowest BCUT2D eigenvalue weighted by Gasteiger charge is -2.18. The maximum Gasteiger partial charge on any atom is 0.191 e. The summed E-state index contributed by atoms with van der Waals surface area (Å²) in [5.74, 6) is 1.72. The van der Waals surface area contributed by atoms with Gasteiger partial charge in [0, 0.05) is 33.3 Å². The summed E-state index contributed by atoms with van der Waals surface area (Å²) in [6.45, 7) is 10.6. The Morgan fingerprint density at radius 2 is 2.00 bits per heavy atom. The predicted octanol–water partition coefficient (Wildman–Crippen LogP) is 2.25. The van der Waals surface area contributed by atoms with Crippen LogP contribution in [0.1, 0.15) is 32.3 Å². The fourth-order valence-electron chi connectivity index (χ4n) is 2.96. The molecule has 0 aliphatic carbocycles. The van der Waals surface area contributed by atoms with Crippen LogP contribution in [0.2, 0.25) is 0 Å². The number of likely N-dealkylation sites (N-methyl/N-ethyl adjacent to an activating group) is 1. The molecule has 6 nitrogen and oxygen atoms in total. The highest BCUT2D eigenvalue weighted by atomic mass is 16.5. The molecule has 1 aliphatic heterocycles. The van der Waals surface area contributed by atoms with Gasteiger partial charge in [0.15, 0.2) is 5.96 Å². The van der Waals surface area contributed by atoms with Gasteiger partial charge in [0.2, 0.25) is 0 Å². The molecule has 0 bridgehead atoms. The highest BCUT2D eigenvalue weighted by Crippen LogP contribution is 2.12.